The summed E-state index contributed by atoms with van der Waals surface area (Å²) in [5.41, 5.74) is 5.82. The Hall–Kier alpha value is -1.45. The summed E-state index contributed by atoms with van der Waals surface area (Å²) in [6.07, 6.45) is 0. The van der Waals surface area contributed by atoms with Crippen molar-refractivity contribution in [1.82, 2.24) is 4.73 Å². The van der Waals surface area contributed by atoms with Gasteiger partial charge in [0.1, 0.15) is 5.82 Å². The summed E-state index contributed by atoms with van der Waals surface area (Å²) < 4.78 is 0.907. The maximum Gasteiger partial charge on any atom is 0.166 e. The molecular weight excluding hydrogens is 190 g/mol. The molecule has 1 aromatic heterocycles. The highest BCUT2D eigenvalue weighted by atomic mass is 16.5. The Labute approximate surface area is 90.0 Å². The van der Waals surface area contributed by atoms with E-state index < -0.39 is 0 Å². The van der Waals surface area contributed by atoms with Crippen LogP contribution in [0.15, 0.2) is 23.2 Å². The number of anilines is 1. The molecule has 4 nitrogen and oxygen atoms in total. The molecule has 0 aliphatic rings. The van der Waals surface area contributed by atoms with E-state index in [0.29, 0.717) is 11.4 Å². The van der Waals surface area contributed by atoms with Crippen LogP contribution in [0.4, 0.5) is 5.82 Å². The smallest absolute Gasteiger partial charge is 0.166 e. The Morgan fingerprint density at radius 1 is 1.40 bits per heavy atom. The predicted octanol–water partition coefficient (Wildman–Crippen LogP) is 1.64. The molecule has 1 aromatic rings. The third kappa shape index (κ3) is 2.52. The molecule has 0 aliphatic heterocycles. The molecule has 0 spiro atoms. The van der Waals surface area contributed by atoms with Crippen LogP contribution in [0, 0.1) is 5.92 Å². The minimum Gasteiger partial charge on any atom is -0.425 e. The molecule has 0 saturated heterocycles. The van der Waals surface area contributed by atoms with Gasteiger partial charge >= 0.3 is 0 Å². The van der Waals surface area contributed by atoms with Gasteiger partial charge in [0.2, 0.25) is 0 Å². The van der Waals surface area contributed by atoms with Gasteiger partial charge in [0.05, 0.1) is 5.54 Å². The van der Waals surface area contributed by atoms with Crippen LogP contribution in [0.2, 0.25) is 0 Å². The molecule has 0 saturated carbocycles. The molecule has 0 atom stereocenters. The Kier molecular flexibility index (Phi) is 3.07. The lowest BCUT2D eigenvalue weighted by atomic mass is 9.92. The van der Waals surface area contributed by atoms with E-state index >= 15 is 0 Å². The molecule has 0 bridgehead atoms. The molecule has 0 unspecified atom stereocenters. The fourth-order valence-electron chi connectivity index (χ4n) is 1.02. The van der Waals surface area contributed by atoms with Gasteiger partial charge in [-0.3, -0.25) is 4.99 Å². The lowest BCUT2D eigenvalue weighted by Gasteiger charge is -2.24. The maximum atomic E-state index is 9.64. The summed E-state index contributed by atoms with van der Waals surface area (Å²) >= 11 is 0. The predicted molar refractivity (Wildman–Crippen MR) is 60.5 cm³/mol. The Bertz CT molecular complexity index is 405. The maximum absolute atomic E-state index is 9.64. The van der Waals surface area contributed by atoms with Crippen LogP contribution in [0.1, 0.15) is 27.7 Å². The van der Waals surface area contributed by atoms with Crippen molar-refractivity contribution in [3.63, 3.8) is 0 Å². The monoisotopic (exact) mass is 209 g/mol. The second kappa shape index (κ2) is 3.96. The lowest BCUT2D eigenvalue weighted by Crippen LogP contribution is -2.31. The Morgan fingerprint density at radius 3 is 2.53 bits per heavy atom. The van der Waals surface area contributed by atoms with Gasteiger partial charge in [0.15, 0.2) is 5.49 Å². The first-order chi connectivity index (χ1) is 6.84. The summed E-state index contributed by atoms with van der Waals surface area (Å²) in [5, 5.41) is 9.64. The number of aromatic nitrogens is 1. The molecule has 0 aliphatic carbocycles. The van der Waals surface area contributed by atoms with E-state index in [0.717, 1.165) is 4.73 Å². The largest absolute Gasteiger partial charge is 0.425 e. The molecule has 4 heteroatoms. The number of rotatable bonds is 2. The van der Waals surface area contributed by atoms with Gasteiger partial charge in [-0.05, 0) is 31.9 Å². The SMILES string of the molecule is CC(C)C(C)(C)N=c1cccc(N)n1O. The highest BCUT2D eigenvalue weighted by Gasteiger charge is 2.20. The Morgan fingerprint density at radius 2 is 2.00 bits per heavy atom. The topological polar surface area (TPSA) is 63.5 Å². The first-order valence-electron chi connectivity index (χ1n) is 5.07. The van der Waals surface area contributed by atoms with Gasteiger partial charge in [-0.15, -0.1) is 0 Å². The normalized spacial score (nSPS) is 13.5. The summed E-state index contributed by atoms with van der Waals surface area (Å²) in [5.74, 6) is 0.676. The first-order valence-corrected chi connectivity index (χ1v) is 5.07. The van der Waals surface area contributed by atoms with Crippen molar-refractivity contribution in [2.45, 2.75) is 33.2 Å². The highest BCUT2D eigenvalue weighted by molar-refractivity contribution is 5.26. The average molecular weight is 209 g/mol. The number of nitrogen functional groups attached to an aromatic ring is 1. The minimum atomic E-state index is -0.224. The molecular formula is C11H19N3O. The van der Waals surface area contributed by atoms with Gasteiger partial charge < -0.3 is 10.9 Å². The molecule has 0 fully saturated rings. The number of pyridine rings is 1. The summed E-state index contributed by atoms with van der Waals surface area (Å²) in [4.78, 5) is 4.48. The zero-order valence-electron chi connectivity index (χ0n) is 9.73. The molecule has 0 amide bonds. The number of hydrogen-bond donors (Lipinski definition) is 2. The van der Waals surface area contributed by atoms with Gasteiger partial charge in [-0.1, -0.05) is 19.9 Å². The molecule has 15 heavy (non-hydrogen) atoms. The van der Waals surface area contributed by atoms with E-state index in [9.17, 15) is 5.21 Å². The van der Waals surface area contributed by atoms with Gasteiger partial charge in [0.25, 0.3) is 0 Å². The van der Waals surface area contributed by atoms with Crippen LogP contribution in [-0.4, -0.2) is 15.5 Å². The fraction of sp³-hybridized carbons (Fsp3) is 0.545. The lowest BCUT2D eigenvalue weighted by molar-refractivity contribution is 0.174. The van der Waals surface area contributed by atoms with Gasteiger partial charge in [-0.25, -0.2) is 0 Å². The standard InChI is InChI=1S/C11H19N3O/c1-8(2)11(3,4)13-10-7-5-6-9(12)14(10)15/h5-8,15H,12H2,1-4H3. The average Bonchev–Trinajstić information content (AvgIpc) is 2.12. The summed E-state index contributed by atoms with van der Waals surface area (Å²) in [6, 6.07) is 5.14. The van der Waals surface area contributed by atoms with E-state index in [2.05, 4.69) is 18.8 Å². The van der Waals surface area contributed by atoms with Crippen LogP contribution in [0.5, 0.6) is 0 Å². The van der Waals surface area contributed by atoms with E-state index in [1.165, 1.54) is 0 Å². The third-order valence-corrected chi connectivity index (χ3v) is 2.79. The first kappa shape index (κ1) is 11.6. The van der Waals surface area contributed by atoms with Crippen molar-refractivity contribution in [3.05, 3.63) is 23.7 Å². The number of nitrogens with zero attached hydrogens (tertiary/aromatic N) is 2. The zero-order valence-corrected chi connectivity index (χ0v) is 9.73. The van der Waals surface area contributed by atoms with Crippen molar-refractivity contribution in [1.29, 1.82) is 0 Å². The van der Waals surface area contributed by atoms with E-state index in [4.69, 9.17) is 5.73 Å². The molecule has 0 aromatic carbocycles. The number of nitrogens with two attached hydrogens (primary N) is 1. The third-order valence-electron chi connectivity index (χ3n) is 2.79. The van der Waals surface area contributed by atoms with Crippen LogP contribution in [-0.2, 0) is 0 Å². The van der Waals surface area contributed by atoms with Crippen molar-refractivity contribution in [2.75, 3.05) is 5.73 Å². The van der Waals surface area contributed by atoms with E-state index in [1.54, 1.807) is 18.2 Å². The van der Waals surface area contributed by atoms with Gasteiger partial charge in [0, 0.05) is 0 Å². The van der Waals surface area contributed by atoms with E-state index in [-0.39, 0.29) is 11.4 Å². The number of hydrogen-bond acceptors (Lipinski definition) is 3. The van der Waals surface area contributed by atoms with Crippen LogP contribution < -0.4 is 11.2 Å². The van der Waals surface area contributed by atoms with Crippen molar-refractivity contribution < 1.29 is 5.21 Å². The second-order valence-corrected chi connectivity index (χ2v) is 4.54. The molecule has 0 radical (unpaired) electrons. The quantitative estimate of drug-likeness (QED) is 0.727. The minimum absolute atomic E-state index is 0.224. The molecule has 1 rings (SSSR count). The second-order valence-electron chi connectivity index (χ2n) is 4.54. The van der Waals surface area contributed by atoms with Crippen molar-refractivity contribution in [2.24, 2.45) is 10.9 Å². The fourth-order valence-corrected chi connectivity index (χ4v) is 1.02. The van der Waals surface area contributed by atoms with Crippen LogP contribution in [0.25, 0.3) is 0 Å². The zero-order chi connectivity index (χ0) is 11.6. The van der Waals surface area contributed by atoms with Crippen molar-refractivity contribution >= 4 is 5.82 Å². The Balaban J connectivity index is 3.27. The van der Waals surface area contributed by atoms with Crippen LogP contribution in [0.3, 0.4) is 0 Å². The van der Waals surface area contributed by atoms with Gasteiger partial charge in [-0.2, -0.15) is 4.73 Å². The summed E-state index contributed by atoms with van der Waals surface area (Å²) in [7, 11) is 0. The molecule has 84 valence electrons. The van der Waals surface area contributed by atoms with Crippen LogP contribution >= 0.6 is 0 Å². The molecule has 1 heterocycles. The summed E-state index contributed by atoms with van der Waals surface area (Å²) in [6.45, 7) is 8.25. The van der Waals surface area contributed by atoms with Crippen molar-refractivity contribution in [3.8, 4) is 0 Å². The molecule has 3 N–H and O–H groups in total. The highest BCUT2D eigenvalue weighted by Crippen LogP contribution is 2.19. The van der Waals surface area contributed by atoms with E-state index in [1.807, 2.05) is 13.8 Å².